The van der Waals surface area contributed by atoms with Crippen molar-refractivity contribution in [3.05, 3.63) is 0 Å². The number of esters is 4. The average molecular weight is 1340 g/mol. The van der Waals surface area contributed by atoms with E-state index >= 15 is 0 Å². The Morgan fingerprint density at radius 2 is 0.505 bits per heavy atom. The molecule has 0 fully saturated rings. The largest absolute Gasteiger partial charge is 0.472 e. The fourth-order valence-corrected chi connectivity index (χ4v) is 12.5. The molecule has 0 saturated heterocycles. The molecule has 5 atom stereocenters. The maximum atomic E-state index is 13.0. The molecule has 0 aromatic rings. The first-order valence-electron chi connectivity index (χ1n) is 37.3. The molecule has 540 valence electrons. The monoisotopic (exact) mass is 1340 g/mol. The highest BCUT2D eigenvalue weighted by Crippen LogP contribution is 2.45. The van der Waals surface area contributed by atoms with Crippen molar-refractivity contribution in [2.75, 3.05) is 39.6 Å². The van der Waals surface area contributed by atoms with Crippen LogP contribution >= 0.6 is 15.6 Å². The van der Waals surface area contributed by atoms with Gasteiger partial charge in [-0.25, -0.2) is 9.13 Å². The lowest BCUT2D eigenvalue weighted by molar-refractivity contribution is -0.161. The van der Waals surface area contributed by atoms with Gasteiger partial charge in [0.2, 0.25) is 0 Å². The molecule has 3 N–H and O–H groups in total. The van der Waals surface area contributed by atoms with Gasteiger partial charge in [-0.1, -0.05) is 312 Å². The minimum absolute atomic E-state index is 0.104. The van der Waals surface area contributed by atoms with Crippen LogP contribution in [0.3, 0.4) is 0 Å². The van der Waals surface area contributed by atoms with Gasteiger partial charge in [-0.15, -0.1) is 0 Å². The van der Waals surface area contributed by atoms with E-state index in [1.54, 1.807) is 0 Å². The molecule has 91 heavy (non-hydrogen) atoms. The van der Waals surface area contributed by atoms with E-state index in [1.165, 1.54) is 167 Å². The van der Waals surface area contributed by atoms with Crippen molar-refractivity contribution in [2.45, 2.75) is 381 Å². The SMILES string of the molecule is CCCCCCCCCCCCCCCCCCC(=O)O[C@H](COC(=O)CCCCCCCCCCCCCC(C)C)COP(=O)(O)OC[C@@H](O)COP(=O)(O)OC[C@@H](COC(=O)CCCCCCCCCC(C)C)OC(=O)CCCCCCCCCCC(C)C. The molecule has 0 aromatic heterocycles. The van der Waals surface area contributed by atoms with Crippen LogP contribution in [0.2, 0.25) is 0 Å². The summed E-state index contributed by atoms with van der Waals surface area (Å²) in [6, 6.07) is 0. The molecule has 0 aliphatic rings. The molecule has 0 radical (unpaired) electrons. The summed E-state index contributed by atoms with van der Waals surface area (Å²) in [5, 5.41) is 10.6. The van der Waals surface area contributed by atoms with Crippen LogP contribution in [0.5, 0.6) is 0 Å². The fourth-order valence-electron chi connectivity index (χ4n) is 10.9. The number of phosphoric acid groups is 2. The van der Waals surface area contributed by atoms with Gasteiger partial charge in [0.1, 0.15) is 19.3 Å². The Morgan fingerprint density at radius 3 is 0.747 bits per heavy atom. The lowest BCUT2D eigenvalue weighted by Gasteiger charge is -2.21. The van der Waals surface area contributed by atoms with E-state index in [0.717, 1.165) is 108 Å². The van der Waals surface area contributed by atoms with Crippen LogP contribution in [0.25, 0.3) is 0 Å². The summed E-state index contributed by atoms with van der Waals surface area (Å²) in [6.45, 7) is 11.8. The van der Waals surface area contributed by atoms with Gasteiger partial charge in [0.25, 0.3) is 0 Å². The number of phosphoric ester groups is 2. The minimum Gasteiger partial charge on any atom is -0.462 e. The summed E-state index contributed by atoms with van der Waals surface area (Å²) >= 11 is 0. The topological polar surface area (TPSA) is 237 Å². The smallest absolute Gasteiger partial charge is 0.462 e. The van der Waals surface area contributed by atoms with Crippen LogP contribution in [-0.4, -0.2) is 96.7 Å². The van der Waals surface area contributed by atoms with Crippen molar-refractivity contribution >= 4 is 39.5 Å². The molecule has 19 heteroatoms. The number of rotatable bonds is 70. The minimum atomic E-state index is -4.95. The first-order chi connectivity index (χ1) is 43.7. The fraction of sp³-hybridized carbons (Fsp3) is 0.944. The highest BCUT2D eigenvalue weighted by Gasteiger charge is 2.30. The van der Waals surface area contributed by atoms with Crippen molar-refractivity contribution in [3.8, 4) is 0 Å². The average Bonchev–Trinajstić information content (AvgIpc) is 3.72. The Labute approximate surface area is 556 Å². The van der Waals surface area contributed by atoms with Crippen molar-refractivity contribution in [1.82, 2.24) is 0 Å². The molecule has 0 heterocycles. The number of ether oxygens (including phenoxy) is 4. The Balaban J connectivity index is 5.25. The van der Waals surface area contributed by atoms with E-state index in [9.17, 15) is 43.2 Å². The van der Waals surface area contributed by atoms with Gasteiger partial charge in [-0.05, 0) is 43.4 Å². The van der Waals surface area contributed by atoms with E-state index in [0.29, 0.717) is 31.6 Å². The van der Waals surface area contributed by atoms with Crippen molar-refractivity contribution in [2.24, 2.45) is 17.8 Å². The zero-order valence-electron chi connectivity index (χ0n) is 59.3. The quantitative estimate of drug-likeness (QED) is 0.0222. The number of unbranched alkanes of at least 4 members (excludes halogenated alkanes) is 38. The van der Waals surface area contributed by atoms with Gasteiger partial charge >= 0.3 is 39.5 Å². The van der Waals surface area contributed by atoms with Crippen molar-refractivity contribution in [1.29, 1.82) is 0 Å². The lowest BCUT2D eigenvalue weighted by Crippen LogP contribution is -2.30. The third kappa shape index (κ3) is 66.5. The second-order valence-electron chi connectivity index (χ2n) is 27.4. The number of carbonyl (C=O) groups is 4. The van der Waals surface area contributed by atoms with Crippen LogP contribution in [-0.2, 0) is 65.4 Å². The van der Waals surface area contributed by atoms with Crippen molar-refractivity contribution < 1.29 is 80.2 Å². The predicted octanol–water partition coefficient (Wildman–Crippen LogP) is 20.6. The molecule has 0 amide bonds. The highest BCUT2D eigenvalue weighted by molar-refractivity contribution is 7.47. The molecular weight excluding hydrogens is 1200 g/mol. The second kappa shape index (κ2) is 62.8. The van der Waals surface area contributed by atoms with Gasteiger partial charge < -0.3 is 33.8 Å². The molecule has 2 unspecified atom stereocenters. The third-order valence-corrected chi connectivity index (χ3v) is 18.5. The summed E-state index contributed by atoms with van der Waals surface area (Å²) < 4.78 is 68.3. The van der Waals surface area contributed by atoms with Gasteiger partial charge in [0, 0.05) is 25.7 Å². The molecule has 17 nitrogen and oxygen atoms in total. The van der Waals surface area contributed by atoms with Crippen LogP contribution in [0, 0.1) is 17.8 Å². The molecular formula is C72H140O17P2. The number of hydrogen-bond donors (Lipinski definition) is 3. The highest BCUT2D eigenvalue weighted by atomic mass is 31.2. The van der Waals surface area contributed by atoms with Crippen molar-refractivity contribution in [3.63, 3.8) is 0 Å². The Morgan fingerprint density at radius 1 is 0.297 bits per heavy atom. The van der Waals surface area contributed by atoms with E-state index in [4.69, 9.17) is 37.0 Å². The van der Waals surface area contributed by atoms with E-state index in [1.807, 2.05) is 0 Å². The van der Waals surface area contributed by atoms with E-state index in [2.05, 4.69) is 48.5 Å². The third-order valence-electron chi connectivity index (χ3n) is 16.6. The molecule has 0 rings (SSSR count). The normalized spacial score (nSPS) is 14.2. The first-order valence-corrected chi connectivity index (χ1v) is 40.3. The number of aliphatic hydroxyl groups excluding tert-OH is 1. The lowest BCUT2D eigenvalue weighted by atomic mass is 10.0. The summed E-state index contributed by atoms with van der Waals surface area (Å²) in [5.74, 6) is 0.0694. The molecule has 0 aliphatic carbocycles. The molecule has 0 aliphatic heterocycles. The molecule has 0 aromatic carbocycles. The maximum absolute atomic E-state index is 13.0. The summed E-state index contributed by atoms with van der Waals surface area (Å²) in [5.41, 5.74) is 0. The van der Waals surface area contributed by atoms with E-state index < -0.39 is 97.5 Å². The number of aliphatic hydroxyl groups is 1. The van der Waals surface area contributed by atoms with Gasteiger partial charge in [0.05, 0.1) is 26.4 Å². The van der Waals surface area contributed by atoms with Crippen LogP contribution in [0.1, 0.15) is 363 Å². The molecule has 0 bridgehead atoms. The maximum Gasteiger partial charge on any atom is 0.472 e. The number of hydrogen-bond acceptors (Lipinski definition) is 15. The Hall–Kier alpha value is -1.94. The number of carbonyl (C=O) groups excluding carboxylic acids is 4. The zero-order valence-corrected chi connectivity index (χ0v) is 61.1. The van der Waals surface area contributed by atoms with Gasteiger partial charge in [-0.2, -0.15) is 0 Å². The Kier molecular flexibility index (Phi) is 61.5. The summed E-state index contributed by atoms with van der Waals surface area (Å²) in [7, 11) is -9.90. The second-order valence-corrected chi connectivity index (χ2v) is 30.3. The van der Waals surface area contributed by atoms with Crippen LogP contribution in [0.4, 0.5) is 0 Å². The standard InChI is InChI=1S/C72H140O17P2/c1-8-9-10-11-12-13-14-15-16-17-18-21-25-33-41-48-55-71(76)88-67(59-82-69(74)53-46-39-32-24-22-19-20-23-29-36-43-50-63(2)3)61-86-90(78,79)84-57-66(73)58-85-91(80,81)87-62-68(60-83-70(75)54-47-40-35-28-31-38-45-52-65(6)7)89-72(77)56-49-42-34-27-26-30-37-44-51-64(4)5/h63-68,73H,8-62H2,1-7H3,(H,78,79)(H,80,81)/t66-,67-,68-/m1/s1. The van der Waals surface area contributed by atoms with Crippen LogP contribution < -0.4 is 0 Å². The van der Waals surface area contributed by atoms with E-state index in [-0.39, 0.29) is 25.7 Å². The summed E-state index contributed by atoms with van der Waals surface area (Å²) in [6.07, 6.45) is 47.3. The van der Waals surface area contributed by atoms with Gasteiger partial charge in [-0.3, -0.25) is 37.3 Å². The zero-order chi connectivity index (χ0) is 67.3. The predicted molar refractivity (Wildman–Crippen MR) is 368 cm³/mol. The van der Waals surface area contributed by atoms with Gasteiger partial charge in [0.15, 0.2) is 12.2 Å². The van der Waals surface area contributed by atoms with Crippen LogP contribution in [0.15, 0.2) is 0 Å². The molecule has 0 spiro atoms. The molecule has 0 saturated carbocycles. The Bertz CT molecular complexity index is 1780. The first kappa shape index (κ1) is 89.1. The summed E-state index contributed by atoms with van der Waals surface area (Å²) in [4.78, 5) is 72.6.